The van der Waals surface area contributed by atoms with Crippen molar-refractivity contribution in [1.29, 1.82) is 0 Å². The first-order valence-corrected chi connectivity index (χ1v) is 8.34. The number of benzene rings is 1. The zero-order valence-corrected chi connectivity index (χ0v) is 14.7. The van der Waals surface area contributed by atoms with Crippen molar-refractivity contribution in [2.75, 3.05) is 0 Å². The third-order valence-corrected chi connectivity index (χ3v) is 5.77. The molecule has 1 aromatic heterocycles. The summed E-state index contributed by atoms with van der Waals surface area (Å²) in [5, 5.41) is 0.787. The molecule has 0 saturated heterocycles. The predicted octanol–water partition coefficient (Wildman–Crippen LogP) is 6.11. The molecule has 0 amide bonds. The molecule has 1 heterocycles. The molecule has 17 heavy (non-hydrogen) atoms. The Morgan fingerprint density at radius 3 is 2.53 bits per heavy atom. The zero-order chi connectivity index (χ0) is 12.6. The molecule has 0 radical (unpaired) electrons. The quantitative estimate of drug-likeness (QED) is 0.390. The van der Waals surface area contributed by atoms with E-state index in [-0.39, 0.29) is 4.83 Å². The van der Waals surface area contributed by atoms with Crippen LogP contribution in [0.1, 0.15) is 25.7 Å². The first-order chi connectivity index (χ1) is 7.99. The van der Waals surface area contributed by atoms with Gasteiger partial charge >= 0.3 is 0 Å². The minimum absolute atomic E-state index is 0.220. The summed E-state index contributed by atoms with van der Waals surface area (Å²) in [5.41, 5.74) is 2.58. The average Bonchev–Trinajstić information content (AvgIpc) is 2.60. The number of thiophene rings is 1. The molecule has 0 fully saturated rings. The van der Waals surface area contributed by atoms with Gasteiger partial charge in [0.2, 0.25) is 0 Å². The largest absolute Gasteiger partial charge is 0.146 e. The van der Waals surface area contributed by atoms with Gasteiger partial charge < -0.3 is 0 Å². The summed E-state index contributed by atoms with van der Waals surface area (Å²) in [7, 11) is 0. The van der Waals surface area contributed by atoms with Crippen LogP contribution in [0.25, 0.3) is 0 Å². The lowest BCUT2D eigenvalue weighted by molar-refractivity contribution is 1.15. The van der Waals surface area contributed by atoms with Crippen LogP contribution in [-0.4, -0.2) is 0 Å². The van der Waals surface area contributed by atoms with Gasteiger partial charge in [-0.15, -0.1) is 11.3 Å². The van der Waals surface area contributed by atoms with Gasteiger partial charge in [0.15, 0.2) is 0 Å². The molecular weight excluding hydrogens is 430 g/mol. The lowest BCUT2D eigenvalue weighted by atomic mass is 10.1. The highest BCUT2D eigenvalue weighted by Gasteiger charge is 2.17. The Bertz CT molecular complexity index is 550. The number of hydrogen-bond donors (Lipinski definition) is 0. The minimum Gasteiger partial charge on any atom is -0.146 e. The van der Waals surface area contributed by atoms with Crippen molar-refractivity contribution in [1.82, 2.24) is 0 Å². The van der Waals surface area contributed by atoms with Gasteiger partial charge in [-0.1, -0.05) is 27.5 Å². The highest BCUT2D eigenvalue weighted by molar-refractivity contribution is 14.1. The maximum atomic E-state index is 6.07. The Hall–Kier alpha value is 0.420. The van der Waals surface area contributed by atoms with Crippen molar-refractivity contribution in [3.05, 3.63) is 53.7 Å². The maximum absolute atomic E-state index is 6.07. The molecular formula is C13H11BrClIS. The van der Waals surface area contributed by atoms with Crippen molar-refractivity contribution in [2.45, 2.75) is 18.7 Å². The van der Waals surface area contributed by atoms with Crippen LogP contribution in [0.4, 0.5) is 0 Å². The zero-order valence-electron chi connectivity index (χ0n) is 9.43. The van der Waals surface area contributed by atoms with Gasteiger partial charge in [-0.05, 0) is 71.8 Å². The summed E-state index contributed by atoms with van der Waals surface area (Å²) in [4.78, 5) is 2.93. The minimum atomic E-state index is 0.220. The van der Waals surface area contributed by atoms with Crippen molar-refractivity contribution in [2.24, 2.45) is 0 Å². The van der Waals surface area contributed by atoms with Crippen molar-refractivity contribution in [3.63, 3.8) is 0 Å². The maximum Gasteiger partial charge on any atom is 0.0666 e. The van der Waals surface area contributed by atoms with Crippen LogP contribution >= 0.6 is 61.5 Å². The second-order valence-electron chi connectivity index (χ2n) is 3.90. The molecule has 2 aromatic rings. The second-order valence-corrected chi connectivity index (χ2v) is 7.87. The number of alkyl halides is 1. The topological polar surface area (TPSA) is 0 Å². The van der Waals surface area contributed by atoms with Gasteiger partial charge in [-0.3, -0.25) is 0 Å². The average molecular weight is 442 g/mol. The monoisotopic (exact) mass is 440 g/mol. The molecule has 90 valence electrons. The van der Waals surface area contributed by atoms with E-state index in [2.05, 4.69) is 64.5 Å². The fourth-order valence-corrected chi connectivity index (χ4v) is 5.00. The molecule has 0 aliphatic carbocycles. The summed E-state index contributed by atoms with van der Waals surface area (Å²) in [6, 6.07) is 8.27. The van der Waals surface area contributed by atoms with E-state index in [1.807, 2.05) is 23.5 Å². The molecule has 0 aliphatic rings. The molecule has 0 nitrogen and oxygen atoms in total. The number of rotatable bonds is 2. The lowest BCUT2D eigenvalue weighted by Gasteiger charge is -2.12. The van der Waals surface area contributed by atoms with Gasteiger partial charge in [-0.25, -0.2) is 0 Å². The first-order valence-electron chi connectivity index (χ1n) is 5.15. The van der Waals surface area contributed by atoms with Crippen LogP contribution in [0, 0.1) is 17.4 Å². The lowest BCUT2D eigenvalue weighted by Crippen LogP contribution is -1.95. The fourth-order valence-electron chi connectivity index (χ4n) is 1.78. The Kier molecular flexibility index (Phi) is 4.55. The van der Waals surface area contributed by atoms with Crippen LogP contribution in [0.2, 0.25) is 5.02 Å². The third-order valence-electron chi connectivity index (χ3n) is 2.58. The third kappa shape index (κ3) is 3.06. The number of aryl methyl sites for hydroxylation is 2. The summed E-state index contributed by atoms with van der Waals surface area (Å²) in [5.74, 6) is 0. The Labute approximate surface area is 133 Å². The van der Waals surface area contributed by atoms with Crippen molar-refractivity contribution >= 4 is 61.5 Å². The highest BCUT2D eigenvalue weighted by atomic mass is 127. The standard InChI is InChI=1S/C13H11BrClIS/c1-7-5-10(8(2)17-7)13(14)11-6-9(15)3-4-12(11)16/h3-6,13H,1-2H3. The van der Waals surface area contributed by atoms with E-state index < -0.39 is 0 Å². The first kappa shape index (κ1) is 13.8. The van der Waals surface area contributed by atoms with E-state index in [0.717, 1.165) is 5.02 Å². The Morgan fingerprint density at radius 1 is 1.24 bits per heavy atom. The van der Waals surface area contributed by atoms with Crippen LogP contribution in [0.3, 0.4) is 0 Å². The second kappa shape index (κ2) is 5.59. The van der Waals surface area contributed by atoms with E-state index >= 15 is 0 Å². The summed E-state index contributed by atoms with van der Waals surface area (Å²) >= 11 is 14.0. The van der Waals surface area contributed by atoms with E-state index in [4.69, 9.17) is 11.6 Å². The predicted molar refractivity (Wildman–Crippen MR) is 88.7 cm³/mol. The fraction of sp³-hybridized carbons (Fsp3) is 0.231. The van der Waals surface area contributed by atoms with E-state index in [1.54, 1.807) is 0 Å². The molecule has 0 aliphatic heterocycles. The van der Waals surface area contributed by atoms with Gasteiger partial charge in [0.1, 0.15) is 0 Å². The smallest absolute Gasteiger partial charge is 0.0666 e. The summed E-state index contributed by atoms with van der Waals surface area (Å²) in [6.45, 7) is 4.31. The summed E-state index contributed by atoms with van der Waals surface area (Å²) in [6.07, 6.45) is 0. The number of hydrogen-bond acceptors (Lipinski definition) is 1. The van der Waals surface area contributed by atoms with Crippen molar-refractivity contribution < 1.29 is 0 Å². The molecule has 0 bridgehead atoms. The van der Waals surface area contributed by atoms with E-state index in [1.165, 1.54) is 24.5 Å². The Balaban J connectivity index is 2.46. The van der Waals surface area contributed by atoms with Gasteiger partial charge in [0.25, 0.3) is 0 Å². The Morgan fingerprint density at radius 2 is 1.94 bits per heavy atom. The van der Waals surface area contributed by atoms with E-state index in [0.29, 0.717) is 0 Å². The summed E-state index contributed by atoms with van der Waals surface area (Å²) < 4.78 is 1.23. The van der Waals surface area contributed by atoms with Crippen molar-refractivity contribution in [3.8, 4) is 0 Å². The molecule has 0 saturated carbocycles. The molecule has 1 unspecified atom stereocenters. The number of halogens is 3. The van der Waals surface area contributed by atoms with Crippen LogP contribution < -0.4 is 0 Å². The van der Waals surface area contributed by atoms with Gasteiger partial charge in [-0.2, -0.15) is 0 Å². The van der Waals surface area contributed by atoms with E-state index in [9.17, 15) is 0 Å². The SMILES string of the molecule is Cc1cc(C(Br)c2cc(Cl)ccc2I)c(C)s1. The molecule has 1 aromatic carbocycles. The van der Waals surface area contributed by atoms with Crippen LogP contribution in [-0.2, 0) is 0 Å². The molecule has 0 N–H and O–H groups in total. The molecule has 4 heteroatoms. The van der Waals surface area contributed by atoms with Gasteiger partial charge in [0.05, 0.1) is 4.83 Å². The van der Waals surface area contributed by atoms with Gasteiger partial charge in [0, 0.05) is 18.3 Å². The molecule has 1 atom stereocenters. The molecule has 0 spiro atoms. The highest BCUT2D eigenvalue weighted by Crippen LogP contribution is 2.39. The molecule has 2 rings (SSSR count). The van der Waals surface area contributed by atoms with Crippen LogP contribution in [0.15, 0.2) is 24.3 Å². The van der Waals surface area contributed by atoms with Crippen LogP contribution in [0.5, 0.6) is 0 Å². The normalized spacial score (nSPS) is 12.8.